The van der Waals surface area contributed by atoms with E-state index in [4.69, 9.17) is 5.11 Å². The van der Waals surface area contributed by atoms with Crippen LogP contribution in [0.4, 0.5) is 0 Å². The van der Waals surface area contributed by atoms with E-state index in [0.717, 1.165) is 19.4 Å². The first-order chi connectivity index (χ1) is 8.85. The molecule has 0 aromatic heterocycles. The van der Waals surface area contributed by atoms with Gasteiger partial charge in [-0.1, -0.05) is 13.8 Å². The van der Waals surface area contributed by atoms with Gasteiger partial charge in [-0.3, -0.25) is 9.59 Å². The van der Waals surface area contributed by atoms with Gasteiger partial charge in [0.05, 0.1) is 11.3 Å². The minimum atomic E-state index is -0.832. The number of piperidine rings is 1. The second-order valence-electron chi connectivity index (χ2n) is 6.22. The molecule has 110 valence electrons. The molecule has 0 spiro atoms. The Hall–Kier alpha value is -1.10. The van der Waals surface area contributed by atoms with Crippen LogP contribution in [0.25, 0.3) is 0 Å². The van der Waals surface area contributed by atoms with Crippen LogP contribution >= 0.6 is 0 Å². The zero-order valence-corrected chi connectivity index (χ0v) is 12.2. The molecule has 0 aromatic rings. The summed E-state index contributed by atoms with van der Waals surface area (Å²) in [7, 11) is 0. The monoisotopic (exact) mass is 270 g/mol. The fourth-order valence-corrected chi connectivity index (χ4v) is 2.52. The average molecular weight is 270 g/mol. The summed E-state index contributed by atoms with van der Waals surface area (Å²) in [6.07, 6.45) is 2.43. The van der Waals surface area contributed by atoms with E-state index in [2.05, 4.69) is 10.6 Å². The second kappa shape index (κ2) is 6.89. The highest BCUT2D eigenvalue weighted by Gasteiger charge is 2.35. The molecule has 3 N–H and O–H groups in total. The Morgan fingerprint density at radius 3 is 2.58 bits per heavy atom. The molecule has 1 aliphatic heterocycles. The first kappa shape index (κ1) is 16.0. The lowest BCUT2D eigenvalue weighted by atomic mass is 9.81. The van der Waals surface area contributed by atoms with Crippen molar-refractivity contribution in [1.29, 1.82) is 0 Å². The number of carboxylic acid groups (broad SMARTS) is 1. The van der Waals surface area contributed by atoms with Crippen molar-refractivity contribution in [3.05, 3.63) is 0 Å². The summed E-state index contributed by atoms with van der Waals surface area (Å²) < 4.78 is 0. The van der Waals surface area contributed by atoms with Crippen molar-refractivity contribution in [2.24, 2.45) is 17.3 Å². The second-order valence-corrected chi connectivity index (χ2v) is 6.22. The molecule has 0 radical (unpaired) electrons. The van der Waals surface area contributed by atoms with Crippen molar-refractivity contribution in [2.75, 3.05) is 19.6 Å². The number of aliphatic carboxylic acids is 1. The van der Waals surface area contributed by atoms with Gasteiger partial charge in [0.25, 0.3) is 0 Å². The Bertz CT molecular complexity index is 323. The molecule has 1 saturated heterocycles. The van der Waals surface area contributed by atoms with Crippen LogP contribution in [-0.2, 0) is 9.59 Å². The van der Waals surface area contributed by atoms with Crippen molar-refractivity contribution < 1.29 is 14.7 Å². The van der Waals surface area contributed by atoms with Gasteiger partial charge >= 0.3 is 5.97 Å². The Kier molecular flexibility index (Phi) is 5.79. The molecule has 0 saturated carbocycles. The predicted molar refractivity (Wildman–Crippen MR) is 73.8 cm³/mol. The fourth-order valence-electron chi connectivity index (χ4n) is 2.52. The maximum atomic E-state index is 12.2. The third-order valence-corrected chi connectivity index (χ3v) is 3.76. The lowest BCUT2D eigenvalue weighted by Gasteiger charge is -2.33. The van der Waals surface area contributed by atoms with E-state index in [0.29, 0.717) is 18.9 Å². The summed E-state index contributed by atoms with van der Waals surface area (Å²) in [6, 6.07) is 0. The summed E-state index contributed by atoms with van der Waals surface area (Å²) in [5.74, 6) is -1.05. The molecule has 0 bridgehead atoms. The zero-order chi connectivity index (χ0) is 14.5. The highest BCUT2D eigenvalue weighted by molar-refractivity contribution is 5.83. The molecule has 0 aliphatic carbocycles. The minimum Gasteiger partial charge on any atom is -0.481 e. The number of hydrogen-bond donors (Lipinski definition) is 3. The van der Waals surface area contributed by atoms with Crippen LogP contribution in [-0.4, -0.2) is 36.6 Å². The molecule has 19 heavy (non-hydrogen) atoms. The molecular formula is C14H26N2O3. The first-order valence-corrected chi connectivity index (χ1v) is 7.07. The smallest absolute Gasteiger partial charge is 0.308 e. The minimum absolute atomic E-state index is 0.0327. The Morgan fingerprint density at radius 2 is 2.11 bits per heavy atom. The van der Waals surface area contributed by atoms with Crippen molar-refractivity contribution >= 4 is 11.9 Å². The normalized spacial score (nSPS) is 25.1. The third-order valence-electron chi connectivity index (χ3n) is 3.76. The maximum Gasteiger partial charge on any atom is 0.308 e. The van der Waals surface area contributed by atoms with Gasteiger partial charge < -0.3 is 15.7 Å². The molecular weight excluding hydrogens is 244 g/mol. The lowest BCUT2D eigenvalue weighted by Crippen LogP contribution is -2.50. The summed E-state index contributed by atoms with van der Waals surface area (Å²) in [6.45, 7) is 7.76. The van der Waals surface area contributed by atoms with Crippen molar-refractivity contribution in [3.8, 4) is 0 Å². The molecule has 1 aliphatic rings. The number of amides is 1. The standard InChI is InChI=1S/C14H26N2O3/c1-10(2)7-11(12(17)18)8-16-13(19)14(3)5-4-6-15-9-14/h10-11,15H,4-9H2,1-3H3,(H,16,19)(H,17,18). The van der Waals surface area contributed by atoms with E-state index in [1.165, 1.54) is 0 Å². The van der Waals surface area contributed by atoms with Crippen LogP contribution in [0.5, 0.6) is 0 Å². The third kappa shape index (κ3) is 4.82. The summed E-state index contributed by atoms with van der Waals surface area (Å²) in [5, 5.41) is 15.2. The van der Waals surface area contributed by atoms with Crippen molar-refractivity contribution in [1.82, 2.24) is 10.6 Å². The summed E-state index contributed by atoms with van der Waals surface area (Å²) in [5.41, 5.74) is -0.404. The van der Waals surface area contributed by atoms with Gasteiger partial charge in [-0.05, 0) is 38.6 Å². The van der Waals surface area contributed by atoms with Crippen molar-refractivity contribution in [2.45, 2.75) is 40.0 Å². The van der Waals surface area contributed by atoms with E-state index < -0.39 is 17.3 Å². The summed E-state index contributed by atoms with van der Waals surface area (Å²) in [4.78, 5) is 23.3. The number of carbonyl (C=O) groups is 2. The number of hydrogen-bond acceptors (Lipinski definition) is 3. The molecule has 1 heterocycles. The van der Waals surface area contributed by atoms with Crippen LogP contribution in [0, 0.1) is 17.3 Å². The van der Waals surface area contributed by atoms with Gasteiger partial charge in [0, 0.05) is 13.1 Å². The Balaban J connectivity index is 2.49. The highest BCUT2D eigenvalue weighted by Crippen LogP contribution is 2.25. The summed E-state index contributed by atoms with van der Waals surface area (Å²) >= 11 is 0. The van der Waals surface area contributed by atoms with Gasteiger partial charge in [0.15, 0.2) is 0 Å². The number of rotatable bonds is 6. The molecule has 5 nitrogen and oxygen atoms in total. The van der Waals surface area contributed by atoms with E-state index in [1.54, 1.807) is 0 Å². The number of carbonyl (C=O) groups excluding carboxylic acids is 1. The number of nitrogens with one attached hydrogen (secondary N) is 2. The highest BCUT2D eigenvalue weighted by atomic mass is 16.4. The predicted octanol–water partition coefficient (Wildman–Crippen LogP) is 1.24. The Labute approximate surface area is 115 Å². The molecule has 2 atom stereocenters. The largest absolute Gasteiger partial charge is 0.481 e. The van der Waals surface area contributed by atoms with Crippen LogP contribution in [0.1, 0.15) is 40.0 Å². The quantitative estimate of drug-likeness (QED) is 0.678. The van der Waals surface area contributed by atoms with Gasteiger partial charge in [0.1, 0.15) is 0 Å². The molecule has 5 heteroatoms. The first-order valence-electron chi connectivity index (χ1n) is 7.07. The van der Waals surface area contributed by atoms with Crippen LogP contribution in [0.3, 0.4) is 0 Å². The molecule has 1 rings (SSSR count). The van der Waals surface area contributed by atoms with E-state index in [-0.39, 0.29) is 12.5 Å². The van der Waals surface area contributed by atoms with Gasteiger partial charge in [0.2, 0.25) is 5.91 Å². The van der Waals surface area contributed by atoms with Gasteiger partial charge in [-0.15, -0.1) is 0 Å². The van der Waals surface area contributed by atoms with Gasteiger partial charge in [-0.2, -0.15) is 0 Å². The van der Waals surface area contributed by atoms with Crippen LogP contribution in [0.15, 0.2) is 0 Å². The SMILES string of the molecule is CC(C)CC(CNC(=O)C1(C)CCCNC1)C(=O)O. The maximum absolute atomic E-state index is 12.2. The molecule has 1 amide bonds. The van der Waals surface area contributed by atoms with Gasteiger partial charge in [-0.25, -0.2) is 0 Å². The molecule has 1 fully saturated rings. The number of carboxylic acids is 1. The zero-order valence-electron chi connectivity index (χ0n) is 12.2. The molecule has 0 aromatic carbocycles. The topological polar surface area (TPSA) is 78.4 Å². The molecule has 2 unspecified atom stereocenters. The van der Waals surface area contributed by atoms with E-state index in [9.17, 15) is 9.59 Å². The van der Waals surface area contributed by atoms with Crippen molar-refractivity contribution in [3.63, 3.8) is 0 Å². The van der Waals surface area contributed by atoms with Crippen LogP contribution in [0.2, 0.25) is 0 Å². The van der Waals surface area contributed by atoms with Crippen LogP contribution < -0.4 is 10.6 Å². The Morgan fingerprint density at radius 1 is 1.42 bits per heavy atom. The van der Waals surface area contributed by atoms with E-state index >= 15 is 0 Å². The van der Waals surface area contributed by atoms with E-state index in [1.807, 2.05) is 20.8 Å². The lowest BCUT2D eigenvalue weighted by molar-refractivity contribution is -0.142. The fraction of sp³-hybridized carbons (Fsp3) is 0.857. The average Bonchev–Trinajstić information content (AvgIpc) is 2.34.